The molecule has 0 aliphatic carbocycles. The van der Waals surface area contributed by atoms with E-state index in [1.54, 1.807) is 22.8 Å². The average molecular weight is 410 g/mol. The molecule has 0 N–H and O–H groups in total. The van der Waals surface area contributed by atoms with E-state index in [4.69, 9.17) is 16.3 Å². The Balaban J connectivity index is 1.84. The first-order valence-corrected chi connectivity index (χ1v) is 10.5. The van der Waals surface area contributed by atoms with Crippen molar-refractivity contribution in [1.29, 1.82) is 0 Å². The van der Waals surface area contributed by atoms with E-state index < -0.39 is 0 Å². The quantitative estimate of drug-likeness (QED) is 0.560. The lowest BCUT2D eigenvalue weighted by atomic mass is 10.2. The summed E-state index contributed by atoms with van der Waals surface area (Å²) in [4.78, 5) is 31.9. The van der Waals surface area contributed by atoms with Crippen LogP contribution in [0.4, 0.5) is 0 Å². The predicted octanol–water partition coefficient (Wildman–Crippen LogP) is 3.19. The second-order valence-electron chi connectivity index (χ2n) is 6.86. The van der Waals surface area contributed by atoms with Crippen molar-refractivity contribution in [3.05, 3.63) is 33.6 Å². The molecule has 146 valence electrons. The largest absolute Gasteiger partial charge is 0.372 e. The minimum absolute atomic E-state index is 0.0295. The van der Waals surface area contributed by atoms with Gasteiger partial charge in [0.25, 0.3) is 5.56 Å². The van der Waals surface area contributed by atoms with Crippen molar-refractivity contribution >= 4 is 40.2 Å². The zero-order valence-electron chi connectivity index (χ0n) is 15.8. The van der Waals surface area contributed by atoms with E-state index in [1.807, 2.05) is 25.7 Å². The molecule has 0 unspecified atom stereocenters. The van der Waals surface area contributed by atoms with E-state index in [0.717, 1.165) is 6.42 Å². The van der Waals surface area contributed by atoms with Crippen LogP contribution < -0.4 is 5.56 Å². The van der Waals surface area contributed by atoms with Crippen molar-refractivity contribution in [3.8, 4) is 0 Å². The summed E-state index contributed by atoms with van der Waals surface area (Å²) >= 11 is 7.36. The maximum Gasteiger partial charge on any atom is 0.262 e. The molecule has 1 amide bonds. The zero-order chi connectivity index (χ0) is 19.6. The maximum atomic E-state index is 12.8. The fourth-order valence-corrected chi connectivity index (χ4v) is 4.40. The van der Waals surface area contributed by atoms with Gasteiger partial charge in [-0.15, -0.1) is 0 Å². The van der Waals surface area contributed by atoms with Crippen molar-refractivity contribution in [3.63, 3.8) is 0 Å². The number of carbonyl (C=O) groups excluding carboxylic acids is 1. The number of nitrogens with zero attached hydrogens (tertiary/aromatic N) is 3. The fraction of sp³-hybridized carbons (Fsp3) is 0.526. The summed E-state index contributed by atoms with van der Waals surface area (Å²) in [5, 5.41) is 1.63. The number of aromatic nitrogens is 2. The summed E-state index contributed by atoms with van der Waals surface area (Å²) in [7, 11) is 0. The van der Waals surface area contributed by atoms with Crippen molar-refractivity contribution in [2.24, 2.45) is 0 Å². The number of carbonyl (C=O) groups is 1. The molecule has 0 saturated carbocycles. The molecule has 2 heterocycles. The molecule has 1 aliphatic rings. The number of morpholine rings is 1. The van der Waals surface area contributed by atoms with Gasteiger partial charge < -0.3 is 9.64 Å². The highest BCUT2D eigenvalue weighted by molar-refractivity contribution is 7.99. The van der Waals surface area contributed by atoms with Gasteiger partial charge in [-0.3, -0.25) is 14.2 Å². The molecule has 1 fully saturated rings. The molecule has 1 aliphatic heterocycles. The number of hydrogen-bond donors (Lipinski definition) is 0. The number of halogens is 1. The zero-order valence-corrected chi connectivity index (χ0v) is 17.3. The summed E-state index contributed by atoms with van der Waals surface area (Å²) in [5.74, 6) is 0.271. The standard InChI is InChI=1S/C19H24ClN3O3S/c1-4-7-23-18(25)15-6-5-14(20)8-16(15)21-19(23)27-11-17(24)22-9-12(2)26-13(3)10-22/h5-6,8,12-13H,4,7,9-11H2,1-3H3/t12-,13-/m0/s1. The van der Waals surface area contributed by atoms with Gasteiger partial charge in [-0.05, 0) is 38.5 Å². The van der Waals surface area contributed by atoms with Crippen LogP contribution >= 0.6 is 23.4 Å². The summed E-state index contributed by atoms with van der Waals surface area (Å²) in [5.41, 5.74) is 0.463. The highest BCUT2D eigenvalue weighted by Gasteiger charge is 2.26. The molecule has 1 aromatic heterocycles. The van der Waals surface area contributed by atoms with Gasteiger partial charge in [0.15, 0.2) is 5.16 Å². The number of thioether (sulfide) groups is 1. The molecule has 27 heavy (non-hydrogen) atoms. The lowest BCUT2D eigenvalue weighted by Gasteiger charge is -2.35. The Bertz CT molecular complexity index is 892. The lowest BCUT2D eigenvalue weighted by molar-refractivity contribution is -0.140. The molecule has 8 heteroatoms. The van der Waals surface area contributed by atoms with Gasteiger partial charge in [-0.1, -0.05) is 30.3 Å². The van der Waals surface area contributed by atoms with Crippen LogP contribution in [0.2, 0.25) is 5.02 Å². The minimum Gasteiger partial charge on any atom is -0.372 e. The number of hydrogen-bond acceptors (Lipinski definition) is 5. The molecule has 1 saturated heterocycles. The second-order valence-corrected chi connectivity index (χ2v) is 8.24. The topological polar surface area (TPSA) is 64.4 Å². The number of amides is 1. The number of benzene rings is 1. The minimum atomic E-state index is -0.0953. The number of fused-ring (bicyclic) bond motifs is 1. The predicted molar refractivity (Wildman–Crippen MR) is 109 cm³/mol. The third-order valence-electron chi connectivity index (χ3n) is 4.43. The Morgan fingerprint density at radius 2 is 2.04 bits per heavy atom. The molecule has 0 radical (unpaired) electrons. The van der Waals surface area contributed by atoms with Crippen LogP contribution in [0.1, 0.15) is 27.2 Å². The average Bonchev–Trinajstić information content (AvgIpc) is 2.61. The molecule has 6 nitrogen and oxygen atoms in total. The fourth-order valence-electron chi connectivity index (χ4n) is 3.30. The van der Waals surface area contributed by atoms with Crippen LogP contribution in [0.15, 0.2) is 28.2 Å². The first kappa shape index (κ1) is 20.2. The van der Waals surface area contributed by atoms with Crippen molar-refractivity contribution in [2.75, 3.05) is 18.8 Å². The number of ether oxygens (including phenoxy) is 1. The monoisotopic (exact) mass is 409 g/mol. The Hall–Kier alpha value is -1.57. The third-order valence-corrected chi connectivity index (χ3v) is 5.62. The Morgan fingerprint density at radius 1 is 1.33 bits per heavy atom. The van der Waals surface area contributed by atoms with Crippen LogP contribution in [0, 0.1) is 0 Å². The Labute approximate surface area is 167 Å². The SMILES string of the molecule is CCCn1c(SCC(=O)N2C[C@H](C)O[C@@H](C)C2)nc2cc(Cl)ccc2c1=O. The number of rotatable bonds is 5. The van der Waals surface area contributed by atoms with Gasteiger partial charge in [0, 0.05) is 24.7 Å². The van der Waals surface area contributed by atoms with Gasteiger partial charge in [0.05, 0.1) is 28.9 Å². The van der Waals surface area contributed by atoms with E-state index in [9.17, 15) is 9.59 Å². The van der Waals surface area contributed by atoms with Crippen LogP contribution in [0.5, 0.6) is 0 Å². The van der Waals surface area contributed by atoms with Gasteiger partial charge in [0.2, 0.25) is 5.91 Å². The smallest absolute Gasteiger partial charge is 0.262 e. The van der Waals surface area contributed by atoms with Crippen LogP contribution in [0.25, 0.3) is 10.9 Å². The van der Waals surface area contributed by atoms with E-state index in [0.29, 0.717) is 40.7 Å². The van der Waals surface area contributed by atoms with Crippen molar-refractivity contribution in [2.45, 2.75) is 51.1 Å². The molecule has 0 spiro atoms. The molecule has 3 rings (SSSR count). The summed E-state index contributed by atoms with van der Waals surface area (Å²) in [6, 6.07) is 5.08. The highest BCUT2D eigenvalue weighted by Crippen LogP contribution is 2.22. The lowest BCUT2D eigenvalue weighted by Crippen LogP contribution is -2.48. The van der Waals surface area contributed by atoms with E-state index in [2.05, 4.69) is 4.98 Å². The third kappa shape index (κ3) is 4.65. The maximum absolute atomic E-state index is 12.8. The molecule has 2 aromatic rings. The first-order chi connectivity index (χ1) is 12.9. The molecular formula is C19H24ClN3O3S. The van der Waals surface area contributed by atoms with Gasteiger partial charge >= 0.3 is 0 Å². The molecule has 0 bridgehead atoms. The summed E-state index contributed by atoms with van der Waals surface area (Å²) in [6.07, 6.45) is 0.865. The molecular weight excluding hydrogens is 386 g/mol. The van der Waals surface area contributed by atoms with Crippen LogP contribution in [-0.4, -0.2) is 51.4 Å². The molecule has 1 aromatic carbocycles. The first-order valence-electron chi connectivity index (χ1n) is 9.15. The second kappa shape index (κ2) is 8.63. The van der Waals surface area contributed by atoms with Crippen molar-refractivity contribution < 1.29 is 9.53 Å². The van der Waals surface area contributed by atoms with E-state index >= 15 is 0 Å². The van der Waals surface area contributed by atoms with Crippen molar-refractivity contribution in [1.82, 2.24) is 14.5 Å². The van der Waals surface area contributed by atoms with Gasteiger partial charge in [-0.25, -0.2) is 4.98 Å². The molecule has 2 atom stereocenters. The highest BCUT2D eigenvalue weighted by atomic mass is 35.5. The summed E-state index contributed by atoms with van der Waals surface area (Å²) in [6.45, 7) is 7.69. The van der Waals surface area contributed by atoms with Gasteiger partial charge in [-0.2, -0.15) is 0 Å². The summed E-state index contributed by atoms with van der Waals surface area (Å²) < 4.78 is 7.34. The van der Waals surface area contributed by atoms with E-state index in [1.165, 1.54) is 11.8 Å². The van der Waals surface area contributed by atoms with Crippen LogP contribution in [-0.2, 0) is 16.1 Å². The normalized spacial score (nSPS) is 20.2. The van der Waals surface area contributed by atoms with Crippen LogP contribution in [0.3, 0.4) is 0 Å². The van der Waals surface area contributed by atoms with Gasteiger partial charge in [0.1, 0.15) is 0 Å². The Morgan fingerprint density at radius 3 is 2.70 bits per heavy atom. The van der Waals surface area contributed by atoms with E-state index in [-0.39, 0.29) is 29.4 Å². The Kier molecular flexibility index (Phi) is 6.44.